The zero-order valence-corrected chi connectivity index (χ0v) is 9.23. The van der Waals surface area contributed by atoms with Crippen molar-refractivity contribution in [1.29, 1.82) is 0 Å². The SMILES string of the molecule is CC1CC(C)CN(c2cc(=O)[nH]cn2)C1. The molecule has 0 amide bonds. The molecule has 0 bridgehead atoms. The maximum atomic E-state index is 11.2. The van der Waals surface area contributed by atoms with E-state index in [1.165, 1.54) is 12.7 Å². The molecule has 2 heterocycles. The Morgan fingerprint density at radius 2 is 2.07 bits per heavy atom. The van der Waals surface area contributed by atoms with E-state index in [1.54, 1.807) is 6.07 Å². The fraction of sp³-hybridized carbons (Fsp3) is 0.636. The number of rotatable bonds is 1. The van der Waals surface area contributed by atoms with E-state index < -0.39 is 0 Å². The first kappa shape index (κ1) is 10.2. The smallest absolute Gasteiger partial charge is 0.252 e. The van der Waals surface area contributed by atoms with Gasteiger partial charge in [0.25, 0.3) is 5.56 Å². The lowest BCUT2D eigenvalue weighted by Crippen LogP contribution is -2.39. The molecule has 2 rings (SSSR count). The first-order chi connectivity index (χ1) is 7.15. The molecule has 0 aliphatic carbocycles. The second kappa shape index (κ2) is 4.04. The van der Waals surface area contributed by atoms with Crippen LogP contribution in [0.3, 0.4) is 0 Å². The monoisotopic (exact) mass is 207 g/mol. The molecule has 1 saturated heterocycles. The highest BCUT2D eigenvalue weighted by Crippen LogP contribution is 2.23. The Balaban J connectivity index is 2.19. The Bertz CT molecular complexity index is 377. The lowest BCUT2D eigenvalue weighted by Gasteiger charge is -2.35. The molecule has 2 unspecified atom stereocenters. The summed E-state index contributed by atoms with van der Waals surface area (Å²) >= 11 is 0. The van der Waals surface area contributed by atoms with Crippen LogP contribution in [0.25, 0.3) is 0 Å². The van der Waals surface area contributed by atoms with Gasteiger partial charge in [-0.2, -0.15) is 0 Å². The zero-order chi connectivity index (χ0) is 10.8. The van der Waals surface area contributed by atoms with Gasteiger partial charge in [0, 0.05) is 19.2 Å². The van der Waals surface area contributed by atoms with Crippen molar-refractivity contribution in [2.75, 3.05) is 18.0 Å². The van der Waals surface area contributed by atoms with Crippen molar-refractivity contribution in [3.05, 3.63) is 22.7 Å². The third-order valence-electron chi connectivity index (χ3n) is 2.86. The lowest BCUT2D eigenvalue weighted by molar-refractivity contribution is 0.355. The van der Waals surface area contributed by atoms with Crippen LogP contribution in [-0.2, 0) is 0 Å². The van der Waals surface area contributed by atoms with Crippen LogP contribution in [0.2, 0.25) is 0 Å². The maximum Gasteiger partial charge on any atom is 0.252 e. The minimum atomic E-state index is -0.0779. The van der Waals surface area contributed by atoms with Gasteiger partial charge in [0.05, 0.1) is 6.33 Å². The van der Waals surface area contributed by atoms with Gasteiger partial charge in [-0.1, -0.05) is 13.8 Å². The van der Waals surface area contributed by atoms with Crippen molar-refractivity contribution in [2.24, 2.45) is 11.8 Å². The van der Waals surface area contributed by atoms with Crippen molar-refractivity contribution in [3.8, 4) is 0 Å². The van der Waals surface area contributed by atoms with Gasteiger partial charge >= 0.3 is 0 Å². The number of nitrogens with one attached hydrogen (secondary N) is 1. The van der Waals surface area contributed by atoms with E-state index in [1.807, 2.05) is 0 Å². The van der Waals surface area contributed by atoms with Crippen LogP contribution in [0.5, 0.6) is 0 Å². The number of H-pyrrole nitrogens is 1. The van der Waals surface area contributed by atoms with E-state index in [0.29, 0.717) is 11.8 Å². The molecule has 15 heavy (non-hydrogen) atoms. The van der Waals surface area contributed by atoms with E-state index >= 15 is 0 Å². The van der Waals surface area contributed by atoms with Crippen LogP contribution in [0.15, 0.2) is 17.2 Å². The fourth-order valence-electron chi connectivity index (χ4n) is 2.38. The van der Waals surface area contributed by atoms with Crippen molar-refractivity contribution >= 4 is 5.82 Å². The minimum absolute atomic E-state index is 0.0779. The highest BCUT2D eigenvalue weighted by Gasteiger charge is 2.22. The number of anilines is 1. The van der Waals surface area contributed by atoms with Gasteiger partial charge < -0.3 is 9.88 Å². The van der Waals surface area contributed by atoms with Crippen LogP contribution in [0, 0.1) is 11.8 Å². The Kier molecular flexibility index (Phi) is 2.75. The molecule has 0 aromatic carbocycles. The number of nitrogens with zero attached hydrogens (tertiary/aromatic N) is 2. The summed E-state index contributed by atoms with van der Waals surface area (Å²) in [6, 6.07) is 1.57. The largest absolute Gasteiger partial charge is 0.356 e. The first-order valence-electron chi connectivity index (χ1n) is 5.45. The summed E-state index contributed by atoms with van der Waals surface area (Å²) in [5.41, 5.74) is -0.0779. The van der Waals surface area contributed by atoms with Crippen LogP contribution in [0.1, 0.15) is 20.3 Å². The van der Waals surface area contributed by atoms with E-state index in [0.717, 1.165) is 18.9 Å². The Labute approximate surface area is 89.3 Å². The van der Waals surface area contributed by atoms with Crippen molar-refractivity contribution in [1.82, 2.24) is 9.97 Å². The Morgan fingerprint density at radius 3 is 2.67 bits per heavy atom. The van der Waals surface area contributed by atoms with Gasteiger partial charge in [-0.3, -0.25) is 4.79 Å². The quantitative estimate of drug-likeness (QED) is 0.754. The van der Waals surface area contributed by atoms with Crippen molar-refractivity contribution in [3.63, 3.8) is 0 Å². The zero-order valence-electron chi connectivity index (χ0n) is 9.23. The van der Waals surface area contributed by atoms with Crippen LogP contribution >= 0.6 is 0 Å². The molecule has 4 heteroatoms. The molecule has 1 aromatic heterocycles. The van der Waals surface area contributed by atoms with E-state index in [4.69, 9.17) is 0 Å². The lowest BCUT2D eigenvalue weighted by atomic mass is 9.92. The van der Waals surface area contributed by atoms with Gasteiger partial charge in [-0.05, 0) is 18.3 Å². The van der Waals surface area contributed by atoms with Crippen LogP contribution < -0.4 is 10.5 Å². The predicted molar refractivity (Wildman–Crippen MR) is 60.0 cm³/mol. The normalized spacial score (nSPS) is 26.7. The molecule has 2 atom stereocenters. The molecule has 0 saturated carbocycles. The van der Waals surface area contributed by atoms with E-state index in [-0.39, 0.29) is 5.56 Å². The highest BCUT2D eigenvalue weighted by molar-refractivity contribution is 5.37. The molecular weight excluding hydrogens is 190 g/mol. The number of aromatic amines is 1. The number of aromatic nitrogens is 2. The highest BCUT2D eigenvalue weighted by atomic mass is 16.1. The number of hydrogen-bond acceptors (Lipinski definition) is 3. The fourth-order valence-corrected chi connectivity index (χ4v) is 2.38. The summed E-state index contributed by atoms with van der Waals surface area (Å²) in [5, 5.41) is 0. The molecule has 4 nitrogen and oxygen atoms in total. The van der Waals surface area contributed by atoms with Crippen molar-refractivity contribution < 1.29 is 0 Å². The first-order valence-corrected chi connectivity index (χ1v) is 5.45. The van der Waals surface area contributed by atoms with Crippen molar-refractivity contribution in [2.45, 2.75) is 20.3 Å². The summed E-state index contributed by atoms with van der Waals surface area (Å²) < 4.78 is 0. The molecule has 0 radical (unpaired) electrons. The second-order valence-corrected chi connectivity index (χ2v) is 4.62. The second-order valence-electron chi connectivity index (χ2n) is 4.62. The molecule has 1 aliphatic heterocycles. The van der Waals surface area contributed by atoms with Crippen LogP contribution in [-0.4, -0.2) is 23.1 Å². The topological polar surface area (TPSA) is 49.0 Å². The van der Waals surface area contributed by atoms with Gasteiger partial charge in [-0.15, -0.1) is 0 Å². The number of piperidine rings is 1. The third-order valence-corrected chi connectivity index (χ3v) is 2.86. The number of hydrogen-bond donors (Lipinski definition) is 1. The van der Waals surface area contributed by atoms with Crippen LogP contribution in [0.4, 0.5) is 5.82 Å². The Morgan fingerprint density at radius 1 is 1.40 bits per heavy atom. The summed E-state index contributed by atoms with van der Waals surface area (Å²) in [5.74, 6) is 2.15. The molecule has 1 aromatic rings. The summed E-state index contributed by atoms with van der Waals surface area (Å²) in [4.78, 5) is 20.1. The van der Waals surface area contributed by atoms with Gasteiger partial charge in [0.1, 0.15) is 5.82 Å². The average molecular weight is 207 g/mol. The summed E-state index contributed by atoms with van der Waals surface area (Å²) in [6.45, 7) is 6.49. The molecule has 1 aliphatic rings. The molecule has 82 valence electrons. The van der Waals surface area contributed by atoms with Gasteiger partial charge in [-0.25, -0.2) is 4.98 Å². The predicted octanol–water partition coefficient (Wildman–Crippen LogP) is 1.25. The maximum absolute atomic E-state index is 11.2. The van der Waals surface area contributed by atoms with E-state index in [9.17, 15) is 4.79 Å². The molecule has 0 spiro atoms. The molecular formula is C11H17N3O. The van der Waals surface area contributed by atoms with Gasteiger partial charge in [0.2, 0.25) is 0 Å². The van der Waals surface area contributed by atoms with E-state index in [2.05, 4.69) is 28.7 Å². The van der Waals surface area contributed by atoms with Gasteiger partial charge in [0.15, 0.2) is 0 Å². The summed E-state index contributed by atoms with van der Waals surface area (Å²) in [6.07, 6.45) is 2.74. The molecule has 1 N–H and O–H groups in total. The standard InChI is InChI=1S/C11H17N3O/c1-8-3-9(2)6-14(5-8)10-4-11(15)13-7-12-10/h4,7-9H,3,5-6H2,1-2H3,(H,12,13,15). The average Bonchev–Trinajstić information content (AvgIpc) is 2.16. The third kappa shape index (κ3) is 2.37. The Hall–Kier alpha value is -1.32. The minimum Gasteiger partial charge on any atom is -0.356 e. The summed E-state index contributed by atoms with van der Waals surface area (Å²) in [7, 11) is 0. The molecule has 1 fully saturated rings.